The lowest BCUT2D eigenvalue weighted by Crippen LogP contribution is -2.02. The second-order valence-electron chi connectivity index (χ2n) is 4.21. The molecule has 0 spiro atoms. The average molecular weight is 342 g/mol. The molecule has 0 radical (unpaired) electrons. The topological polar surface area (TPSA) is 29.5 Å². The van der Waals surface area contributed by atoms with Gasteiger partial charge in [-0.05, 0) is 45.3 Å². The van der Waals surface area contributed by atoms with E-state index in [9.17, 15) is 5.11 Å². The van der Waals surface area contributed by atoms with E-state index in [-0.39, 0.29) is 0 Å². The first kappa shape index (κ1) is 14.4. The summed E-state index contributed by atoms with van der Waals surface area (Å²) < 4.78 is 6.05. The van der Waals surface area contributed by atoms with E-state index in [4.69, 9.17) is 16.3 Å². The standard InChI is InChI=1S/C15H14BrClO2/c1-19-15-7-6-10(8-12(15)16)9-14(18)11-4-2-3-5-13(11)17/h2-8,14,18H,9H2,1H3. The van der Waals surface area contributed by atoms with Crippen molar-refractivity contribution in [2.45, 2.75) is 12.5 Å². The summed E-state index contributed by atoms with van der Waals surface area (Å²) in [7, 11) is 1.62. The molecule has 0 bridgehead atoms. The third-order valence-electron chi connectivity index (χ3n) is 2.91. The molecule has 0 aliphatic rings. The predicted molar refractivity (Wildman–Crippen MR) is 80.8 cm³/mol. The van der Waals surface area contributed by atoms with Crippen molar-refractivity contribution in [2.75, 3.05) is 7.11 Å². The summed E-state index contributed by atoms with van der Waals surface area (Å²) in [6.45, 7) is 0. The van der Waals surface area contributed by atoms with Crippen molar-refractivity contribution < 1.29 is 9.84 Å². The molecule has 19 heavy (non-hydrogen) atoms. The quantitative estimate of drug-likeness (QED) is 0.894. The second-order valence-corrected chi connectivity index (χ2v) is 5.47. The number of halogens is 2. The van der Waals surface area contributed by atoms with Gasteiger partial charge in [0.2, 0.25) is 0 Å². The molecule has 1 atom stereocenters. The van der Waals surface area contributed by atoms with Crippen LogP contribution in [-0.2, 0) is 6.42 Å². The van der Waals surface area contributed by atoms with Gasteiger partial charge in [0.15, 0.2) is 0 Å². The van der Waals surface area contributed by atoms with Crippen LogP contribution in [-0.4, -0.2) is 12.2 Å². The van der Waals surface area contributed by atoms with Gasteiger partial charge in [0.25, 0.3) is 0 Å². The summed E-state index contributed by atoms with van der Waals surface area (Å²) in [6, 6.07) is 13.1. The molecule has 2 aromatic carbocycles. The Balaban J connectivity index is 2.17. The van der Waals surface area contributed by atoms with Crippen molar-refractivity contribution in [3.8, 4) is 5.75 Å². The molecule has 2 nitrogen and oxygen atoms in total. The van der Waals surface area contributed by atoms with Crippen LogP contribution in [0.2, 0.25) is 5.02 Å². The van der Waals surface area contributed by atoms with Crippen LogP contribution in [0.1, 0.15) is 17.2 Å². The number of hydrogen-bond acceptors (Lipinski definition) is 2. The van der Waals surface area contributed by atoms with Gasteiger partial charge in [-0.2, -0.15) is 0 Å². The molecule has 0 saturated carbocycles. The number of rotatable bonds is 4. The van der Waals surface area contributed by atoms with Gasteiger partial charge in [-0.25, -0.2) is 0 Å². The van der Waals surface area contributed by atoms with E-state index in [1.54, 1.807) is 13.2 Å². The maximum absolute atomic E-state index is 10.2. The molecule has 0 heterocycles. The Bertz CT molecular complexity index is 572. The van der Waals surface area contributed by atoms with E-state index in [2.05, 4.69) is 15.9 Å². The Hall–Kier alpha value is -1.03. The minimum absolute atomic E-state index is 0.506. The zero-order valence-electron chi connectivity index (χ0n) is 10.4. The molecule has 1 N–H and O–H groups in total. The van der Waals surface area contributed by atoms with Crippen LogP contribution in [0.15, 0.2) is 46.9 Å². The van der Waals surface area contributed by atoms with Crippen molar-refractivity contribution >= 4 is 27.5 Å². The Labute approximate surface area is 126 Å². The molecule has 0 aliphatic carbocycles. The van der Waals surface area contributed by atoms with Crippen LogP contribution in [0.5, 0.6) is 5.75 Å². The van der Waals surface area contributed by atoms with Gasteiger partial charge in [0, 0.05) is 11.4 Å². The highest BCUT2D eigenvalue weighted by molar-refractivity contribution is 9.10. The monoisotopic (exact) mass is 340 g/mol. The van der Waals surface area contributed by atoms with Crippen molar-refractivity contribution in [1.29, 1.82) is 0 Å². The van der Waals surface area contributed by atoms with Gasteiger partial charge in [0.05, 0.1) is 17.7 Å². The van der Waals surface area contributed by atoms with Crippen molar-refractivity contribution in [2.24, 2.45) is 0 Å². The molecule has 4 heteroatoms. The highest BCUT2D eigenvalue weighted by atomic mass is 79.9. The van der Waals surface area contributed by atoms with Crippen LogP contribution in [0.25, 0.3) is 0 Å². The first-order chi connectivity index (χ1) is 9.11. The molecule has 0 aromatic heterocycles. The summed E-state index contributed by atoms with van der Waals surface area (Å²) in [5, 5.41) is 10.8. The molecule has 1 unspecified atom stereocenters. The number of hydrogen-bond donors (Lipinski definition) is 1. The second kappa shape index (κ2) is 6.42. The van der Waals surface area contributed by atoms with E-state index in [0.29, 0.717) is 11.4 Å². The van der Waals surface area contributed by atoms with E-state index >= 15 is 0 Å². The number of aliphatic hydroxyl groups is 1. The fourth-order valence-electron chi connectivity index (χ4n) is 1.92. The van der Waals surface area contributed by atoms with Gasteiger partial charge < -0.3 is 9.84 Å². The molecular weight excluding hydrogens is 328 g/mol. The molecule has 100 valence electrons. The number of benzene rings is 2. The minimum Gasteiger partial charge on any atom is -0.496 e. The summed E-state index contributed by atoms with van der Waals surface area (Å²) >= 11 is 9.51. The van der Waals surface area contributed by atoms with Crippen LogP contribution in [0.3, 0.4) is 0 Å². The lowest BCUT2D eigenvalue weighted by atomic mass is 10.0. The Kier molecular flexibility index (Phi) is 4.86. The van der Waals surface area contributed by atoms with Gasteiger partial charge in [-0.3, -0.25) is 0 Å². The SMILES string of the molecule is COc1ccc(CC(O)c2ccccc2Cl)cc1Br. The number of aliphatic hydroxyl groups excluding tert-OH is 1. The maximum atomic E-state index is 10.2. The zero-order chi connectivity index (χ0) is 13.8. The lowest BCUT2D eigenvalue weighted by molar-refractivity contribution is 0.178. The normalized spacial score (nSPS) is 12.2. The van der Waals surface area contributed by atoms with Crippen LogP contribution < -0.4 is 4.74 Å². The molecule has 0 saturated heterocycles. The fraction of sp³-hybridized carbons (Fsp3) is 0.200. The molecule has 0 amide bonds. The summed E-state index contributed by atoms with van der Waals surface area (Å²) in [5.74, 6) is 0.774. The predicted octanol–water partition coefficient (Wildman–Crippen LogP) is 4.39. The molecule has 2 rings (SSSR count). The van der Waals surface area contributed by atoms with Gasteiger partial charge in [-0.1, -0.05) is 35.9 Å². The third kappa shape index (κ3) is 3.50. The Morgan fingerprint density at radius 1 is 1.26 bits per heavy atom. The summed E-state index contributed by atoms with van der Waals surface area (Å²) in [5.41, 5.74) is 1.76. The first-order valence-electron chi connectivity index (χ1n) is 5.86. The number of methoxy groups -OCH3 is 1. The van der Waals surface area contributed by atoms with Gasteiger partial charge >= 0.3 is 0 Å². The summed E-state index contributed by atoms with van der Waals surface area (Å²) in [6.07, 6.45) is -0.110. The van der Waals surface area contributed by atoms with Crippen molar-refractivity contribution in [3.05, 3.63) is 63.1 Å². The summed E-state index contributed by atoms with van der Waals surface area (Å²) in [4.78, 5) is 0. The Morgan fingerprint density at radius 2 is 2.00 bits per heavy atom. The fourth-order valence-corrected chi connectivity index (χ4v) is 2.77. The minimum atomic E-state index is -0.617. The van der Waals surface area contributed by atoms with E-state index < -0.39 is 6.10 Å². The molecule has 0 aliphatic heterocycles. The lowest BCUT2D eigenvalue weighted by Gasteiger charge is -2.13. The van der Waals surface area contributed by atoms with Crippen LogP contribution in [0.4, 0.5) is 0 Å². The van der Waals surface area contributed by atoms with Crippen LogP contribution in [0, 0.1) is 0 Å². The highest BCUT2D eigenvalue weighted by Crippen LogP contribution is 2.29. The van der Waals surface area contributed by atoms with E-state index in [1.807, 2.05) is 36.4 Å². The van der Waals surface area contributed by atoms with Crippen LogP contribution >= 0.6 is 27.5 Å². The first-order valence-corrected chi connectivity index (χ1v) is 7.04. The van der Waals surface area contributed by atoms with E-state index in [1.165, 1.54) is 0 Å². The smallest absolute Gasteiger partial charge is 0.133 e. The molecular formula is C15H14BrClO2. The number of ether oxygens (including phenoxy) is 1. The van der Waals surface area contributed by atoms with Gasteiger partial charge in [0.1, 0.15) is 5.75 Å². The third-order valence-corrected chi connectivity index (χ3v) is 3.87. The molecule has 2 aromatic rings. The van der Waals surface area contributed by atoms with Gasteiger partial charge in [-0.15, -0.1) is 0 Å². The zero-order valence-corrected chi connectivity index (χ0v) is 12.8. The Morgan fingerprint density at radius 3 is 2.63 bits per heavy atom. The molecule has 0 fully saturated rings. The largest absolute Gasteiger partial charge is 0.496 e. The van der Waals surface area contributed by atoms with Crippen molar-refractivity contribution in [1.82, 2.24) is 0 Å². The van der Waals surface area contributed by atoms with Crippen molar-refractivity contribution in [3.63, 3.8) is 0 Å². The average Bonchev–Trinajstić information content (AvgIpc) is 2.39. The van der Waals surface area contributed by atoms with E-state index in [0.717, 1.165) is 21.3 Å². The maximum Gasteiger partial charge on any atom is 0.133 e. The highest BCUT2D eigenvalue weighted by Gasteiger charge is 2.12.